The Kier molecular flexibility index (Phi) is 5.93. The molecule has 0 saturated carbocycles. The van der Waals surface area contributed by atoms with Gasteiger partial charge in [0.1, 0.15) is 11.4 Å². The highest BCUT2D eigenvalue weighted by Gasteiger charge is 2.38. The maximum Gasteiger partial charge on any atom is 0.335 e. The van der Waals surface area contributed by atoms with Gasteiger partial charge in [-0.15, -0.1) is 0 Å². The molecule has 25 heavy (non-hydrogen) atoms. The van der Waals surface area contributed by atoms with E-state index in [0.717, 1.165) is 11.4 Å². The van der Waals surface area contributed by atoms with E-state index in [1.807, 2.05) is 88.4 Å². The Morgan fingerprint density at radius 1 is 0.640 bits per heavy atom. The van der Waals surface area contributed by atoms with Gasteiger partial charge < -0.3 is 19.5 Å². The molecule has 0 saturated heterocycles. The second-order valence-corrected chi connectivity index (χ2v) is 10.8. The number of para-hydroxylation sites is 2. The van der Waals surface area contributed by atoms with Crippen LogP contribution in [-0.2, 0) is 8.85 Å². The Bertz CT molecular complexity index is 600. The fourth-order valence-electron chi connectivity index (χ4n) is 3.04. The van der Waals surface area contributed by atoms with E-state index >= 15 is 0 Å². The predicted octanol–water partition coefficient (Wildman–Crippen LogP) is 5.42. The third-order valence-corrected chi connectivity index (χ3v) is 5.44. The molecule has 5 heteroatoms. The van der Waals surface area contributed by atoms with Gasteiger partial charge in [-0.3, -0.25) is 0 Å². The molecule has 0 aliphatic rings. The van der Waals surface area contributed by atoms with Crippen LogP contribution >= 0.6 is 0 Å². The summed E-state index contributed by atoms with van der Waals surface area (Å²) >= 11 is 0. The molecule has 0 fully saturated rings. The Balaban J connectivity index is 1.99. The molecule has 0 unspecified atom stereocenters. The lowest BCUT2D eigenvalue weighted by Gasteiger charge is -2.40. The molecular formula is C20H30N2O2Si. The molecule has 0 atom stereocenters. The van der Waals surface area contributed by atoms with Gasteiger partial charge in [-0.1, -0.05) is 36.4 Å². The van der Waals surface area contributed by atoms with Crippen LogP contribution in [0.5, 0.6) is 0 Å². The van der Waals surface area contributed by atoms with Crippen molar-refractivity contribution in [3.63, 3.8) is 0 Å². The van der Waals surface area contributed by atoms with Crippen molar-refractivity contribution >= 4 is 19.9 Å². The van der Waals surface area contributed by atoms with Crippen LogP contribution in [0.15, 0.2) is 60.7 Å². The minimum Gasteiger partial charge on any atom is -0.371 e. The molecule has 0 amide bonds. The lowest BCUT2D eigenvalue weighted by molar-refractivity contribution is 0.0294. The summed E-state index contributed by atoms with van der Waals surface area (Å²) in [7, 11) is -2.41. The highest BCUT2D eigenvalue weighted by molar-refractivity contribution is 6.64. The van der Waals surface area contributed by atoms with Gasteiger partial charge in [-0.25, -0.2) is 0 Å². The molecule has 0 spiro atoms. The fourth-order valence-corrected chi connectivity index (χ4v) is 5.64. The van der Waals surface area contributed by atoms with Crippen LogP contribution in [0.25, 0.3) is 0 Å². The lowest BCUT2D eigenvalue weighted by Crippen LogP contribution is -2.53. The molecule has 136 valence electrons. The zero-order valence-corrected chi connectivity index (χ0v) is 17.1. The highest BCUT2D eigenvalue weighted by atomic mass is 28.4. The van der Waals surface area contributed by atoms with Crippen molar-refractivity contribution in [3.05, 3.63) is 60.7 Å². The van der Waals surface area contributed by atoms with E-state index in [0.29, 0.717) is 0 Å². The molecule has 0 radical (unpaired) electrons. The number of hydrogen-bond acceptors (Lipinski definition) is 4. The Morgan fingerprint density at radius 2 is 0.960 bits per heavy atom. The van der Waals surface area contributed by atoms with Crippen molar-refractivity contribution < 1.29 is 8.85 Å². The maximum absolute atomic E-state index is 6.37. The van der Waals surface area contributed by atoms with Crippen molar-refractivity contribution in [2.45, 2.75) is 52.2 Å². The molecule has 0 aliphatic heterocycles. The average molecular weight is 359 g/mol. The summed E-state index contributed by atoms with van der Waals surface area (Å²) in [6, 6.07) is 20.1. The minimum absolute atomic E-state index is 0.528. The Hall–Kier alpha value is -1.82. The van der Waals surface area contributed by atoms with Crippen LogP contribution in [0.4, 0.5) is 11.4 Å². The van der Waals surface area contributed by atoms with E-state index in [2.05, 4.69) is 23.7 Å². The summed E-state index contributed by atoms with van der Waals surface area (Å²) in [5.74, 6) is 0. The van der Waals surface area contributed by atoms with Crippen LogP contribution in [0.2, 0.25) is 13.1 Å². The molecule has 0 bridgehead atoms. The highest BCUT2D eigenvalue weighted by Crippen LogP contribution is 2.26. The van der Waals surface area contributed by atoms with Crippen LogP contribution in [0.1, 0.15) is 27.7 Å². The summed E-state index contributed by atoms with van der Waals surface area (Å²) in [6.07, 6.45) is 0. The number of rotatable bonds is 8. The van der Waals surface area contributed by atoms with E-state index in [-0.39, 0.29) is 0 Å². The molecular weight excluding hydrogens is 328 g/mol. The first-order valence-electron chi connectivity index (χ1n) is 8.64. The number of hydrogen-bond donors (Lipinski definition) is 2. The zero-order chi connectivity index (χ0) is 18.6. The molecule has 2 aromatic rings. The Labute approximate surface area is 152 Å². The summed E-state index contributed by atoms with van der Waals surface area (Å²) < 4.78 is 12.7. The fraction of sp³-hybridized carbons (Fsp3) is 0.400. The van der Waals surface area contributed by atoms with Gasteiger partial charge in [0.05, 0.1) is 0 Å². The zero-order valence-electron chi connectivity index (χ0n) is 16.1. The quantitative estimate of drug-likeness (QED) is 0.488. The van der Waals surface area contributed by atoms with Gasteiger partial charge in [0.25, 0.3) is 0 Å². The minimum atomic E-state index is -2.41. The van der Waals surface area contributed by atoms with Gasteiger partial charge in [0.15, 0.2) is 0 Å². The maximum atomic E-state index is 6.37. The first kappa shape index (κ1) is 19.5. The summed E-state index contributed by atoms with van der Waals surface area (Å²) in [4.78, 5) is 0. The SMILES string of the molecule is CC(C)(Nc1ccccc1)O[Si](C)(C)OC(C)(C)Nc1ccccc1. The van der Waals surface area contributed by atoms with Crippen molar-refractivity contribution in [1.29, 1.82) is 0 Å². The smallest absolute Gasteiger partial charge is 0.335 e. The van der Waals surface area contributed by atoms with E-state index in [4.69, 9.17) is 8.85 Å². The summed E-state index contributed by atoms with van der Waals surface area (Å²) in [5.41, 5.74) is 0.998. The molecule has 0 heterocycles. The Morgan fingerprint density at radius 3 is 1.28 bits per heavy atom. The van der Waals surface area contributed by atoms with Gasteiger partial charge in [-0.05, 0) is 65.1 Å². The third-order valence-electron chi connectivity index (χ3n) is 3.44. The van der Waals surface area contributed by atoms with Crippen LogP contribution < -0.4 is 10.6 Å². The van der Waals surface area contributed by atoms with Crippen LogP contribution in [0.3, 0.4) is 0 Å². The van der Waals surface area contributed by atoms with Crippen molar-refractivity contribution in [3.8, 4) is 0 Å². The first-order chi connectivity index (χ1) is 11.6. The van der Waals surface area contributed by atoms with E-state index < -0.39 is 20.0 Å². The average Bonchev–Trinajstić information content (AvgIpc) is 2.45. The normalized spacial score (nSPS) is 12.7. The van der Waals surface area contributed by atoms with Crippen LogP contribution in [0, 0.1) is 0 Å². The molecule has 4 nitrogen and oxygen atoms in total. The molecule has 2 N–H and O–H groups in total. The number of nitrogens with one attached hydrogen (secondary N) is 2. The van der Waals surface area contributed by atoms with E-state index in [1.54, 1.807) is 0 Å². The summed E-state index contributed by atoms with van der Waals surface area (Å²) in [6.45, 7) is 12.2. The van der Waals surface area contributed by atoms with Gasteiger partial charge >= 0.3 is 8.56 Å². The van der Waals surface area contributed by atoms with Crippen molar-refractivity contribution in [2.75, 3.05) is 10.6 Å². The summed E-state index contributed by atoms with van der Waals surface area (Å²) in [5, 5.41) is 6.84. The molecule has 0 aliphatic carbocycles. The largest absolute Gasteiger partial charge is 0.371 e. The predicted molar refractivity (Wildman–Crippen MR) is 108 cm³/mol. The second-order valence-electron chi connectivity index (χ2n) is 7.61. The third kappa shape index (κ3) is 6.90. The number of benzene rings is 2. The molecule has 0 aromatic heterocycles. The molecule has 2 aromatic carbocycles. The van der Waals surface area contributed by atoms with Gasteiger partial charge in [-0.2, -0.15) is 0 Å². The first-order valence-corrected chi connectivity index (χ1v) is 11.5. The topological polar surface area (TPSA) is 42.5 Å². The second kappa shape index (κ2) is 7.60. The lowest BCUT2D eigenvalue weighted by atomic mass is 10.2. The molecule has 2 rings (SSSR count). The standard InChI is InChI=1S/C20H30N2O2Si/c1-19(2,21-17-13-9-7-10-14-17)23-25(5,6)24-20(3,4)22-18-15-11-8-12-16-18/h7-16,21-22H,1-6H3. The monoisotopic (exact) mass is 358 g/mol. The van der Waals surface area contributed by atoms with E-state index in [9.17, 15) is 0 Å². The van der Waals surface area contributed by atoms with Crippen LogP contribution in [-0.4, -0.2) is 20.0 Å². The van der Waals surface area contributed by atoms with Crippen molar-refractivity contribution in [1.82, 2.24) is 0 Å². The van der Waals surface area contributed by atoms with Gasteiger partial charge in [0, 0.05) is 11.4 Å². The number of anilines is 2. The van der Waals surface area contributed by atoms with E-state index in [1.165, 1.54) is 0 Å². The van der Waals surface area contributed by atoms with Crippen molar-refractivity contribution in [2.24, 2.45) is 0 Å². The van der Waals surface area contributed by atoms with Gasteiger partial charge in [0.2, 0.25) is 0 Å².